The first-order chi connectivity index (χ1) is 9.83. The average molecular weight is 281 g/mol. The van der Waals surface area contributed by atoms with Crippen molar-refractivity contribution in [2.24, 2.45) is 4.99 Å². The van der Waals surface area contributed by atoms with Crippen LogP contribution in [0.15, 0.2) is 78.0 Å². The second-order valence-electron chi connectivity index (χ2n) is 4.39. The van der Waals surface area contributed by atoms with E-state index in [0.717, 1.165) is 16.9 Å². The lowest BCUT2D eigenvalue weighted by Gasteiger charge is -2.07. The summed E-state index contributed by atoms with van der Waals surface area (Å²) in [4.78, 5) is 4.49. The Kier molecular flexibility index (Phi) is 3.66. The maximum absolute atomic E-state index is 6.09. The number of hydrogen-bond donors (Lipinski definition) is 0. The second kappa shape index (κ2) is 5.76. The normalized spacial score (nSPS) is 11.1. The first-order valence-corrected chi connectivity index (χ1v) is 6.73. The zero-order valence-electron chi connectivity index (χ0n) is 10.8. The molecule has 3 rings (SSSR count). The van der Waals surface area contributed by atoms with Crippen molar-refractivity contribution in [3.05, 3.63) is 83.6 Å². The van der Waals surface area contributed by atoms with Gasteiger partial charge in [0.05, 0.1) is 11.4 Å². The summed E-state index contributed by atoms with van der Waals surface area (Å²) < 4.78 is 2.04. The van der Waals surface area contributed by atoms with Crippen LogP contribution in [0.2, 0.25) is 5.02 Å². The number of aliphatic imine (C=N–C) groups is 1. The van der Waals surface area contributed by atoms with Gasteiger partial charge in [-0.3, -0.25) is 4.99 Å². The van der Waals surface area contributed by atoms with E-state index in [1.807, 2.05) is 83.8 Å². The number of nitrogens with zero attached hydrogens (tertiary/aromatic N) is 2. The molecule has 0 amide bonds. The van der Waals surface area contributed by atoms with Gasteiger partial charge in [-0.05, 0) is 42.5 Å². The Morgan fingerprint density at radius 1 is 0.900 bits per heavy atom. The van der Waals surface area contributed by atoms with E-state index in [2.05, 4.69) is 4.99 Å². The molecule has 3 aromatic rings. The maximum Gasteiger partial charge on any atom is 0.0629 e. The molecule has 0 saturated carbocycles. The van der Waals surface area contributed by atoms with Crippen LogP contribution in [0.1, 0.15) is 5.56 Å². The standard InChI is InChI=1S/C17H13ClN2/c18-15-8-9-17(20-10-4-5-11-20)14(12-15)13-19-16-6-2-1-3-7-16/h1-13H. The number of benzene rings is 2. The SMILES string of the molecule is Clc1ccc(-n2cccc2)c(C=Nc2ccccc2)c1. The van der Waals surface area contributed by atoms with Gasteiger partial charge in [-0.25, -0.2) is 0 Å². The predicted octanol–water partition coefficient (Wildman–Crippen LogP) is 4.88. The zero-order chi connectivity index (χ0) is 13.8. The molecule has 0 aliphatic rings. The molecule has 0 radical (unpaired) electrons. The van der Waals surface area contributed by atoms with E-state index in [-0.39, 0.29) is 0 Å². The number of rotatable bonds is 3. The van der Waals surface area contributed by atoms with Crippen molar-refractivity contribution >= 4 is 23.5 Å². The Labute approximate surface area is 123 Å². The summed E-state index contributed by atoms with van der Waals surface area (Å²) in [6, 6.07) is 19.6. The van der Waals surface area contributed by atoms with E-state index in [4.69, 9.17) is 11.6 Å². The minimum Gasteiger partial charge on any atom is -0.323 e. The highest BCUT2D eigenvalue weighted by molar-refractivity contribution is 6.31. The van der Waals surface area contributed by atoms with Crippen molar-refractivity contribution in [1.82, 2.24) is 4.57 Å². The summed E-state index contributed by atoms with van der Waals surface area (Å²) >= 11 is 6.09. The molecule has 0 aliphatic carbocycles. The van der Waals surface area contributed by atoms with Crippen LogP contribution >= 0.6 is 11.6 Å². The van der Waals surface area contributed by atoms with Gasteiger partial charge in [0.1, 0.15) is 0 Å². The van der Waals surface area contributed by atoms with Gasteiger partial charge < -0.3 is 4.57 Å². The van der Waals surface area contributed by atoms with Crippen molar-refractivity contribution < 1.29 is 0 Å². The molecule has 0 saturated heterocycles. The first-order valence-electron chi connectivity index (χ1n) is 6.35. The van der Waals surface area contributed by atoms with Crippen LogP contribution in [0.25, 0.3) is 5.69 Å². The zero-order valence-corrected chi connectivity index (χ0v) is 11.5. The van der Waals surface area contributed by atoms with Crippen LogP contribution in [0.3, 0.4) is 0 Å². The molecule has 2 aromatic carbocycles. The van der Waals surface area contributed by atoms with E-state index < -0.39 is 0 Å². The summed E-state index contributed by atoms with van der Waals surface area (Å²) in [5.41, 5.74) is 2.96. The van der Waals surface area contributed by atoms with Crippen LogP contribution in [0, 0.1) is 0 Å². The Morgan fingerprint density at radius 2 is 1.65 bits per heavy atom. The minimum atomic E-state index is 0.704. The summed E-state index contributed by atoms with van der Waals surface area (Å²) in [5, 5.41) is 0.704. The monoisotopic (exact) mass is 280 g/mol. The highest BCUT2D eigenvalue weighted by Gasteiger charge is 2.03. The molecule has 20 heavy (non-hydrogen) atoms. The minimum absolute atomic E-state index is 0.704. The van der Waals surface area contributed by atoms with Crippen LogP contribution < -0.4 is 0 Å². The number of halogens is 1. The quantitative estimate of drug-likeness (QED) is 0.608. The molecule has 1 aromatic heterocycles. The summed E-state index contributed by atoms with van der Waals surface area (Å²) in [6.07, 6.45) is 5.85. The fourth-order valence-electron chi connectivity index (χ4n) is 2.02. The van der Waals surface area contributed by atoms with Gasteiger partial charge in [-0.15, -0.1) is 0 Å². The number of para-hydroxylation sites is 1. The van der Waals surface area contributed by atoms with E-state index in [1.54, 1.807) is 0 Å². The Bertz CT molecular complexity index is 716. The van der Waals surface area contributed by atoms with Crippen LogP contribution in [0.4, 0.5) is 5.69 Å². The number of hydrogen-bond acceptors (Lipinski definition) is 1. The lowest BCUT2D eigenvalue weighted by atomic mass is 10.2. The van der Waals surface area contributed by atoms with Gasteiger partial charge >= 0.3 is 0 Å². The first kappa shape index (κ1) is 12.7. The fraction of sp³-hybridized carbons (Fsp3) is 0. The van der Waals surface area contributed by atoms with Crippen LogP contribution in [-0.4, -0.2) is 10.8 Å². The van der Waals surface area contributed by atoms with Gasteiger partial charge in [-0.2, -0.15) is 0 Å². The summed E-state index contributed by atoms with van der Waals surface area (Å²) in [6.45, 7) is 0. The maximum atomic E-state index is 6.09. The third-order valence-electron chi connectivity index (χ3n) is 2.98. The molecule has 2 nitrogen and oxygen atoms in total. The third-order valence-corrected chi connectivity index (χ3v) is 3.22. The van der Waals surface area contributed by atoms with E-state index in [0.29, 0.717) is 5.02 Å². The molecule has 0 bridgehead atoms. The van der Waals surface area contributed by atoms with Crippen LogP contribution in [0.5, 0.6) is 0 Å². The smallest absolute Gasteiger partial charge is 0.0629 e. The molecule has 0 atom stereocenters. The topological polar surface area (TPSA) is 17.3 Å². The molecule has 0 aliphatic heterocycles. The fourth-order valence-corrected chi connectivity index (χ4v) is 2.20. The van der Waals surface area contributed by atoms with E-state index in [9.17, 15) is 0 Å². The number of aromatic nitrogens is 1. The van der Waals surface area contributed by atoms with Crippen molar-refractivity contribution in [3.63, 3.8) is 0 Å². The molecule has 3 heteroatoms. The molecule has 0 fully saturated rings. The van der Waals surface area contributed by atoms with Gasteiger partial charge in [0.15, 0.2) is 0 Å². The van der Waals surface area contributed by atoms with Crippen molar-refractivity contribution in [3.8, 4) is 5.69 Å². The Balaban J connectivity index is 2.00. The summed E-state index contributed by atoms with van der Waals surface area (Å²) in [7, 11) is 0. The molecule has 0 spiro atoms. The highest BCUT2D eigenvalue weighted by Crippen LogP contribution is 2.20. The molecule has 98 valence electrons. The lowest BCUT2D eigenvalue weighted by molar-refractivity contribution is 1.08. The van der Waals surface area contributed by atoms with E-state index >= 15 is 0 Å². The van der Waals surface area contributed by atoms with Gasteiger partial charge in [-0.1, -0.05) is 29.8 Å². The summed E-state index contributed by atoms with van der Waals surface area (Å²) in [5.74, 6) is 0. The van der Waals surface area contributed by atoms with Crippen molar-refractivity contribution in [2.45, 2.75) is 0 Å². The predicted molar refractivity (Wildman–Crippen MR) is 84.5 cm³/mol. The highest BCUT2D eigenvalue weighted by atomic mass is 35.5. The van der Waals surface area contributed by atoms with Crippen LogP contribution in [-0.2, 0) is 0 Å². The third kappa shape index (κ3) is 2.81. The van der Waals surface area contributed by atoms with Gasteiger partial charge in [0, 0.05) is 29.2 Å². The molecule has 0 N–H and O–H groups in total. The van der Waals surface area contributed by atoms with Gasteiger partial charge in [0.25, 0.3) is 0 Å². The Hall–Kier alpha value is -2.32. The van der Waals surface area contributed by atoms with E-state index in [1.165, 1.54) is 0 Å². The largest absolute Gasteiger partial charge is 0.323 e. The second-order valence-corrected chi connectivity index (χ2v) is 4.82. The lowest BCUT2D eigenvalue weighted by Crippen LogP contribution is -1.96. The molecule has 0 unspecified atom stereocenters. The molecular weight excluding hydrogens is 268 g/mol. The Morgan fingerprint density at radius 3 is 2.40 bits per heavy atom. The van der Waals surface area contributed by atoms with Crippen molar-refractivity contribution in [1.29, 1.82) is 0 Å². The molecule has 1 heterocycles. The van der Waals surface area contributed by atoms with Crippen molar-refractivity contribution in [2.75, 3.05) is 0 Å². The van der Waals surface area contributed by atoms with Gasteiger partial charge in [0.2, 0.25) is 0 Å². The average Bonchev–Trinajstić information content (AvgIpc) is 3.00. The molecular formula is C17H13ClN2.